The maximum atomic E-state index is 12.1. The summed E-state index contributed by atoms with van der Waals surface area (Å²) in [7, 11) is 0. The molecule has 1 heterocycles. The van der Waals surface area contributed by atoms with Crippen molar-refractivity contribution in [1.82, 2.24) is 0 Å². The van der Waals surface area contributed by atoms with Crippen molar-refractivity contribution in [2.24, 2.45) is 0 Å². The second-order valence-electron chi connectivity index (χ2n) is 4.15. The summed E-state index contributed by atoms with van der Waals surface area (Å²) in [6, 6.07) is 6.92. The quantitative estimate of drug-likeness (QED) is 0.901. The zero-order chi connectivity index (χ0) is 13.8. The Morgan fingerprint density at radius 2 is 2.00 bits per heavy atom. The first-order valence-electron chi connectivity index (χ1n) is 5.72. The minimum Gasteiger partial charge on any atom is -0.481 e. The van der Waals surface area contributed by atoms with Crippen molar-refractivity contribution in [3.8, 4) is 0 Å². The molecule has 0 saturated carbocycles. The number of benzene rings is 1. The number of aryl methyl sites for hydroxylation is 1. The predicted molar refractivity (Wildman–Crippen MR) is 74.8 cm³/mol. The first kappa shape index (κ1) is 13.3. The zero-order valence-corrected chi connectivity index (χ0v) is 11.2. The lowest BCUT2D eigenvalue weighted by Gasteiger charge is -2.09. The summed E-state index contributed by atoms with van der Waals surface area (Å²) in [4.78, 5) is 22.9. The predicted octanol–water partition coefficient (Wildman–Crippen LogP) is 2.94. The van der Waals surface area contributed by atoms with Crippen molar-refractivity contribution in [2.45, 2.75) is 13.3 Å². The molecular formula is C14H13NO3S. The number of rotatable bonds is 4. The number of carboxylic acid groups (broad SMARTS) is 1. The lowest BCUT2D eigenvalue weighted by molar-refractivity contribution is -0.136. The number of carboxylic acids is 1. The van der Waals surface area contributed by atoms with Crippen molar-refractivity contribution in [1.29, 1.82) is 0 Å². The number of carbonyl (C=O) groups excluding carboxylic acids is 1. The van der Waals surface area contributed by atoms with Gasteiger partial charge in [-0.25, -0.2) is 0 Å². The van der Waals surface area contributed by atoms with E-state index in [-0.39, 0.29) is 12.3 Å². The Kier molecular flexibility index (Phi) is 3.97. The number of para-hydroxylation sites is 1. The van der Waals surface area contributed by atoms with E-state index in [9.17, 15) is 9.59 Å². The van der Waals surface area contributed by atoms with Gasteiger partial charge in [0.1, 0.15) is 0 Å². The van der Waals surface area contributed by atoms with Crippen LogP contribution in [0.15, 0.2) is 35.0 Å². The Balaban J connectivity index is 2.22. The molecule has 2 N–H and O–H groups in total. The van der Waals surface area contributed by atoms with E-state index in [1.165, 1.54) is 11.3 Å². The molecule has 0 atom stereocenters. The molecule has 19 heavy (non-hydrogen) atoms. The highest BCUT2D eigenvalue weighted by molar-refractivity contribution is 7.08. The molecule has 4 nitrogen and oxygen atoms in total. The van der Waals surface area contributed by atoms with Crippen molar-refractivity contribution < 1.29 is 14.7 Å². The van der Waals surface area contributed by atoms with Crippen molar-refractivity contribution in [3.63, 3.8) is 0 Å². The van der Waals surface area contributed by atoms with Gasteiger partial charge in [0.25, 0.3) is 5.91 Å². The van der Waals surface area contributed by atoms with Crippen molar-refractivity contribution >= 4 is 28.9 Å². The lowest BCUT2D eigenvalue weighted by Crippen LogP contribution is -2.14. The third-order valence-electron chi connectivity index (χ3n) is 2.71. The maximum Gasteiger partial charge on any atom is 0.307 e. The summed E-state index contributed by atoms with van der Waals surface area (Å²) in [5.74, 6) is -1.13. The fourth-order valence-electron chi connectivity index (χ4n) is 1.74. The molecule has 98 valence electrons. The second kappa shape index (κ2) is 5.67. The second-order valence-corrected chi connectivity index (χ2v) is 4.89. The standard InChI is InChI=1S/C14H13NO3S/c1-9-7-19-8-11(9)14(18)15-12-5-3-2-4-10(12)6-13(16)17/h2-5,7-8H,6H2,1H3,(H,15,18)(H,16,17). The summed E-state index contributed by atoms with van der Waals surface area (Å²) in [6.07, 6.45) is -0.112. The van der Waals surface area contributed by atoms with Gasteiger partial charge in [-0.15, -0.1) is 0 Å². The van der Waals surface area contributed by atoms with Gasteiger partial charge in [-0.05, 0) is 29.5 Å². The molecular weight excluding hydrogens is 262 g/mol. The normalized spacial score (nSPS) is 10.2. The monoisotopic (exact) mass is 275 g/mol. The third kappa shape index (κ3) is 3.20. The van der Waals surface area contributed by atoms with Gasteiger partial charge in [0.15, 0.2) is 0 Å². The summed E-state index contributed by atoms with van der Waals surface area (Å²) in [5, 5.41) is 15.3. The molecule has 5 heteroatoms. The average molecular weight is 275 g/mol. The Morgan fingerprint density at radius 3 is 2.63 bits per heavy atom. The minimum atomic E-state index is -0.923. The van der Waals surface area contributed by atoms with Crippen LogP contribution in [0, 0.1) is 6.92 Å². The van der Waals surface area contributed by atoms with Gasteiger partial charge < -0.3 is 10.4 Å². The molecule has 0 radical (unpaired) electrons. The molecule has 0 saturated heterocycles. The Hall–Kier alpha value is -2.14. The number of nitrogens with one attached hydrogen (secondary N) is 1. The van der Waals surface area contributed by atoms with Crippen LogP contribution in [0.25, 0.3) is 0 Å². The van der Waals surface area contributed by atoms with Crippen LogP contribution >= 0.6 is 11.3 Å². The smallest absolute Gasteiger partial charge is 0.307 e. The molecule has 2 rings (SSSR count). The minimum absolute atomic E-state index is 0.112. The van der Waals surface area contributed by atoms with E-state index < -0.39 is 5.97 Å². The van der Waals surface area contributed by atoms with Crippen LogP contribution in [0.2, 0.25) is 0 Å². The van der Waals surface area contributed by atoms with Crippen molar-refractivity contribution in [2.75, 3.05) is 5.32 Å². The summed E-state index contributed by atoms with van der Waals surface area (Å²) in [6.45, 7) is 1.87. The maximum absolute atomic E-state index is 12.1. The molecule has 0 unspecified atom stereocenters. The number of anilines is 1. The first-order valence-corrected chi connectivity index (χ1v) is 6.66. The van der Waals surface area contributed by atoms with Gasteiger partial charge in [0.05, 0.1) is 12.0 Å². The number of carbonyl (C=O) groups is 2. The molecule has 2 aromatic rings. The molecule has 1 aromatic carbocycles. The van der Waals surface area contributed by atoms with Crippen LogP contribution < -0.4 is 5.32 Å². The number of aliphatic carboxylic acids is 1. The van der Waals surface area contributed by atoms with Gasteiger partial charge in [0.2, 0.25) is 0 Å². The van der Waals surface area contributed by atoms with Crippen LogP contribution in [0.4, 0.5) is 5.69 Å². The highest BCUT2D eigenvalue weighted by Crippen LogP contribution is 2.19. The molecule has 0 fully saturated rings. The Labute approximate surface area is 114 Å². The van der Waals surface area contributed by atoms with Crippen LogP contribution in [0.5, 0.6) is 0 Å². The molecule has 1 aromatic heterocycles. The topological polar surface area (TPSA) is 66.4 Å². The Morgan fingerprint density at radius 1 is 1.26 bits per heavy atom. The number of hydrogen-bond donors (Lipinski definition) is 2. The van der Waals surface area contributed by atoms with E-state index in [4.69, 9.17) is 5.11 Å². The van der Waals surface area contributed by atoms with Crippen LogP contribution in [-0.4, -0.2) is 17.0 Å². The molecule has 0 aliphatic rings. The molecule has 0 spiro atoms. The lowest BCUT2D eigenvalue weighted by atomic mass is 10.1. The average Bonchev–Trinajstić information content (AvgIpc) is 2.77. The van der Waals surface area contributed by atoms with Gasteiger partial charge >= 0.3 is 5.97 Å². The summed E-state index contributed by atoms with van der Waals surface area (Å²) < 4.78 is 0. The van der Waals surface area contributed by atoms with Gasteiger partial charge in [0, 0.05) is 11.1 Å². The SMILES string of the molecule is Cc1cscc1C(=O)Nc1ccccc1CC(=O)O. The van der Waals surface area contributed by atoms with Crippen LogP contribution in [-0.2, 0) is 11.2 Å². The van der Waals surface area contributed by atoms with Gasteiger partial charge in [-0.2, -0.15) is 11.3 Å². The largest absolute Gasteiger partial charge is 0.481 e. The highest BCUT2D eigenvalue weighted by atomic mass is 32.1. The van der Waals surface area contributed by atoms with Crippen molar-refractivity contribution in [3.05, 3.63) is 51.7 Å². The van der Waals surface area contributed by atoms with Gasteiger partial charge in [-0.3, -0.25) is 9.59 Å². The van der Waals surface area contributed by atoms with E-state index in [2.05, 4.69) is 5.32 Å². The summed E-state index contributed by atoms with van der Waals surface area (Å²) in [5.41, 5.74) is 2.67. The van der Waals surface area contributed by atoms with Crippen LogP contribution in [0.1, 0.15) is 21.5 Å². The van der Waals surface area contributed by atoms with E-state index in [0.717, 1.165) is 5.56 Å². The molecule has 1 amide bonds. The van der Waals surface area contributed by atoms with E-state index in [1.807, 2.05) is 12.3 Å². The highest BCUT2D eigenvalue weighted by Gasteiger charge is 2.13. The molecule has 0 aliphatic carbocycles. The summed E-state index contributed by atoms with van der Waals surface area (Å²) >= 11 is 1.46. The fourth-order valence-corrected chi connectivity index (χ4v) is 2.57. The van der Waals surface area contributed by atoms with E-state index >= 15 is 0 Å². The van der Waals surface area contributed by atoms with Gasteiger partial charge in [-0.1, -0.05) is 18.2 Å². The van der Waals surface area contributed by atoms with Crippen LogP contribution in [0.3, 0.4) is 0 Å². The van der Waals surface area contributed by atoms with E-state index in [1.54, 1.807) is 29.6 Å². The van der Waals surface area contributed by atoms with E-state index in [0.29, 0.717) is 16.8 Å². The first-order chi connectivity index (χ1) is 9.08. The number of hydrogen-bond acceptors (Lipinski definition) is 3. The number of amides is 1. The third-order valence-corrected chi connectivity index (χ3v) is 3.57. The molecule has 0 bridgehead atoms. The zero-order valence-electron chi connectivity index (χ0n) is 10.3. The number of thiophene rings is 1. The molecule has 0 aliphatic heterocycles. The Bertz CT molecular complexity index is 619. The fraction of sp³-hybridized carbons (Fsp3) is 0.143.